The van der Waals surface area contributed by atoms with Gasteiger partial charge in [-0.2, -0.15) is 0 Å². The van der Waals surface area contributed by atoms with Gasteiger partial charge in [-0.3, -0.25) is 0 Å². The molecule has 2 N–H and O–H groups in total. The molecule has 112 valence electrons. The van der Waals surface area contributed by atoms with E-state index in [-0.39, 0.29) is 5.97 Å². The lowest BCUT2D eigenvalue weighted by Crippen LogP contribution is -2.50. The summed E-state index contributed by atoms with van der Waals surface area (Å²) >= 11 is 3.03. The summed E-state index contributed by atoms with van der Waals surface area (Å²) in [6.45, 7) is 5.18. The van der Waals surface area contributed by atoms with E-state index < -0.39 is 0 Å². The molecule has 1 fully saturated rings. The van der Waals surface area contributed by atoms with Gasteiger partial charge in [0.1, 0.15) is 9.88 Å². The van der Waals surface area contributed by atoms with Gasteiger partial charge >= 0.3 is 5.97 Å². The number of hydrogen-bond acceptors (Lipinski definition) is 7. The standard InChI is InChI=1S/C13H21N3O2S2/c1-8-7-15(2)5-6-16(8)12-10(19-4)9(14)11(20-12)13(17)18-3/h8H,5-7,14H2,1-4H3. The first kappa shape index (κ1) is 15.5. The van der Waals surface area contributed by atoms with Gasteiger partial charge in [-0.25, -0.2) is 4.79 Å². The number of methoxy groups -OCH3 is 1. The normalized spacial score (nSPS) is 20.2. The number of likely N-dealkylation sites (N-methyl/N-ethyl adjacent to an activating group) is 1. The van der Waals surface area contributed by atoms with Gasteiger partial charge in [0.05, 0.1) is 17.7 Å². The number of nitrogens with two attached hydrogens (primary N) is 1. The molecule has 1 atom stereocenters. The minimum Gasteiger partial charge on any atom is -0.465 e. The van der Waals surface area contributed by atoms with E-state index >= 15 is 0 Å². The molecule has 1 saturated heterocycles. The number of rotatable bonds is 3. The molecule has 0 radical (unpaired) electrons. The quantitative estimate of drug-likeness (QED) is 0.680. The highest BCUT2D eigenvalue weighted by Gasteiger charge is 2.29. The van der Waals surface area contributed by atoms with Crippen molar-refractivity contribution in [3.05, 3.63) is 4.88 Å². The molecule has 0 aliphatic carbocycles. The third kappa shape index (κ3) is 2.75. The molecule has 1 aromatic heterocycles. The van der Waals surface area contributed by atoms with Crippen LogP contribution in [0.2, 0.25) is 0 Å². The van der Waals surface area contributed by atoms with Crippen molar-refractivity contribution in [1.29, 1.82) is 0 Å². The van der Waals surface area contributed by atoms with Crippen molar-refractivity contribution >= 4 is 39.8 Å². The molecule has 0 saturated carbocycles. The number of thiophene rings is 1. The van der Waals surface area contributed by atoms with Gasteiger partial charge < -0.3 is 20.3 Å². The number of carbonyl (C=O) groups excluding carboxylic acids is 1. The summed E-state index contributed by atoms with van der Waals surface area (Å²) in [4.78, 5) is 18.0. The third-order valence-electron chi connectivity index (χ3n) is 3.55. The summed E-state index contributed by atoms with van der Waals surface area (Å²) in [7, 11) is 3.52. The lowest BCUT2D eigenvalue weighted by Gasteiger charge is -2.39. The third-order valence-corrected chi connectivity index (χ3v) is 5.72. The van der Waals surface area contributed by atoms with Crippen molar-refractivity contribution in [2.24, 2.45) is 0 Å². The lowest BCUT2D eigenvalue weighted by molar-refractivity contribution is 0.0607. The number of nitrogens with zero attached hydrogens (tertiary/aromatic N) is 2. The largest absolute Gasteiger partial charge is 0.465 e. The predicted molar refractivity (Wildman–Crippen MR) is 86.2 cm³/mol. The zero-order chi connectivity index (χ0) is 14.9. The number of piperazine rings is 1. The molecule has 20 heavy (non-hydrogen) atoms. The van der Waals surface area contributed by atoms with Crippen LogP contribution in [0.15, 0.2) is 4.90 Å². The van der Waals surface area contributed by atoms with Gasteiger partial charge in [-0.1, -0.05) is 0 Å². The maximum Gasteiger partial charge on any atom is 0.350 e. The Bertz CT molecular complexity index is 504. The van der Waals surface area contributed by atoms with Crippen LogP contribution in [-0.4, -0.2) is 57.0 Å². The van der Waals surface area contributed by atoms with E-state index in [9.17, 15) is 4.79 Å². The molecule has 7 heteroatoms. The summed E-state index contributed by atoms with van der Waals surface area (Å²) in [5.74, 6) is -0.351. The Morgan fingerprint density at radius 2 is 2.20 bits per heavy atom. The van der Waals surface area contributed by atoms with Crippen LogP contribution in [-0.2, 0) is 4.74 Å². The van der Waals surface area contributed by atoms with E-state index in [1.807, 2.05) is 6.26 Å². The molecule has 2 rings (SSSR count). The van der Waals surface area contributed by atoms with E-state index in [2.05, 4.69) is 23.8 Å². The smallest absolute Gasteiger partial charge is 0.350 e. The minimum absolute atomic E-state index is 0.351. The van der Waals surface area contributed by atoms with E-state index in [1.54, 1.807) is 11.8 Å². The van der Waals surface area contributed by atoms with Crippen molar-refractivity contribution in [3.63, 3.8) is 0 Å². The Kier molecular flexibility index (Phi) is 4.82. The van der Waals surface area contributed by atoms with Crippen LogP contribution < -0.4 is 10.6 Å². The maximum absolute atomic E-state index is 11.8. The first-order valence-electron chi connectivity index (χ1n) is 6.49. The van der Waals surface area contributed by atoms with E-state index in [0.29, 0.717) is 16.6 Å². The first-order valence-corrected chi connectivity index (χ1v) is 8.53. The number of nitrogen functional groups attached to an aromatic ring is 1. The molecule has 5 nitrogen and oxygen atoms in total. The number of esters is 1. The van der Waals surface area contributed by atoms with Gasteiger partial charge in [0, 0.05) is 25.7 Å². The molecule has 2 heterocycles. The SMILES string of the molecule is COC(=O)c1sc(N2CCN(C)CC2C)c(SC)c1N. The van der Waals surface area contributed by atoms with Gasteiger partial charge in [0.2, 0.25) is 0 Å². The lowest BCUT2D eigenvalue weighted by atomic mass is 10.2. The number of carbonyl (C=O) groups is 1. The Labute approximate surface area is 128 Å². The summed E-state index contributed by atoms with van der Waals surface area (Å²) in [6, 6.07) is 0.406. The van der Waals surface area contributed by atoms with E-state index in [1.165, 1.54) is 18.4 Å². The number of thioether (sulfide) groups is 1. The number of hydrogen-bond donors (Lipinski definition) is 1. The second kappa shape index (κ2) is 6.24. The molecule has 1 aromatic rings. The molecule has 1 aliphatic rings. The Morgan fingerprint density at radius 3 is 2.75 bits per heavy atom. The first-order chi connectivity index (χ1) is 9.49. The summed E-state index contributed by atoms with van der Waals surface area (Å²) < 4.78 is 4.82. The molecule has 1 aliphatic heterocycles. The van der Waals surface area contributed by atoms with Crippen LogP contribution in [0.3, 0.4) is 0 Å². The highest BCUT2D eigenvalue weighted by molar-refractivity contribution is 7.99. The highest BCUT2D eigenvalue weighted by atomic mass is 32.2. The second-order valence-corrected chi connectivity index (χ2v) is 6.80. The van der Waals surface area contributed by atoms with Crippen LogP contribution in [0.1, 0.15) is 16.6 Å². The highest BCUT2D eigenvalue weighted by Crippen LogP contribution is 2.45. The van der Waals surface area contributed by atoms with Gasteiger partial charge in [-0.15, -0.1) is 23.1 Å². The monoisotopic (exact) mass is 315 g/mol. The Morgan fingerprint density at radius 1 is 1.50 bits per heavy atom. The topological polar surface area (TPSA) is 58.8 Å². The fourth-order valence-corrected chi connectivity index (χ4v) is 4.71. The fourth-order valence-electron chi connectivity index (χ4n) is 2.49. The van der Waals surface area contributed by atoms with Crippen LogP contribution in [0.25, 0.3) is 0 Å². The number of ether oxygens (including phenoxy) is 1. The Hall–Kier alpha value is -0.920. The minimum atomic E-state index is -0.351. The molecule has 0 amide bonds. The van der Waals surface area contributed by atoms with Crippen LogP contribution in [0, 0.1) is 0 Å². The zero-order valence-electron chi connectivity index (χ0n) is 12.3. The van der Waals surface area contributed by atoms with E-state index in [0.717, 1.165) is 29.5 Å². The molecular weight excluding hydrogens is 294 g/mol. The molecule has 0 bridgehead atoms. The molecular formula is C13H21N3O2S2. The Balaban J connectivity index is 2.38. The van der Waals surface area contributed by atoms with Crippen LogP contribution in [0.4, 0.5) is 10.7 Å². The molecule has 0 spiro atoms. The van der Waals surface area contributed by atoms with Crippen LogP contribution in [0.5, 0.6) is 0 Å². The summed E-state index contributed by atoms with van der Waals surface area (Å²) in [6.07, 6.45) is 1.99. The van der Waals surface area contributed by atoms with Crippen molar-refractivity contribution < 1.29 is 9.53 Å². The second-order valence-electron chi connectivity index (χ2n) is 4.98. The van der Waals surface area contributed by atoms with Gasteiger partial charge in [-0.05, 0) is 20.2 Å². The molecule has 0 aromatic carbocycles. The van der Waals surface area contributed by atoms with Crippen LogP contribution >= 0.6 is 23.1 Å². The van der Waals surface area contributed by atoms with Crippen molar-refractivity contribution in [1.82, 2.24) is 4.90 Å². The fraction of sp³-hybridized carbons (Fsp3) is 0.615. The van der Waals surface area contributed by atoms with E-state index in [4.69, 9.17) is 10.5 Å². The molecule has 1 unspecified atom stereocenters. The van der Waals surface area contributed by atoms with Crippen molar-refractivity contribution in [2.75, 3.05) is 50.7 Å². The summed E-state index contributed by atoms with van der Waals surface area (Å²) in [5, 5.41) is 1.09. The predicted octanol–water partition coefficient (Wildman–Crippen LogP) is 1.98. The maximum atomic E-state index is 11.8. The summed E-state index contributed by atoms with van der Waals surface area (Å²) in [5.41, 5.74) is 6.67. The number of anilines is 2. The van der Waals surface area contributed by atoms with Gasteiger partial charge in [0.15, 0.2) is 0 Å². The van der Waals surface area contributed by atoms with Gasteiger partial charge in [0.25, 0.3) is 0 Å². The average molecular weight is 315 g/mol. The average Bonchev–Trinajstić information content (AvgIpc) is 2.74. The van der Waals surface area contributed by atoms with Crippen molar-refractivity contribution in [3.8, 4) is 0 Å². The zero-order valence-corrected chi connectivity index (χ0v) is 13.9. The van der Waals surface area contributed by atoms with Crippen molar-refractivity contribution in [2.45, 2.75) is 17.9 Å².